The second kappa shape index (κ2) is 17.8. The third kappa shape index (κ3) is 9.64. The highest BCUT2D eigenvalue weighted by molar-refractivity contribution is 6.76. The minimum Gasteiger partial charge on any atom is -0.491 e. The zero-order valence-electron chi connectivity index (χ0n) is 31.7. The van der Waals surface area contributed by atoms with Crippen LogP contribution < -0.4 is 4.74 Å². The number of halogens is 17. The molecule has 0 aromatic heterocycles. The highest BCUT2D eigenvalue weighted by Crippen LogP contribution is 2.64. The predicted octanol–water partition coefficient (Wildman–Crippen LogP) is 11.8. The lowest BCUT2D eigenvalue weighted by Crippen LogP contribution is -2.74. The molecule has 23 heteroatoms. The molecule has 0 saturated carbocycles. The second-order valence-corrected chi connectivity index (χ2v) is 18.9. The summed E-state index contributed by atoms with van der Waals surface area (Å²) in [6, 6.07) is 4.43. The number of esters is 1. The summed E-state index contributed by atoms with van der Waals surface area (Å²) in [5, 5.41) is 10.8. The van der Waals surface area contributed by atoms with Crippen molar-refractivity contribution in [3.63, 3.8) is 0 Å². The van der Waals surface area contributed by atoms with Crippen LogP contribution in [0.1, 0.15) is 73.5 Å². The van der Waals surface area contributed by atoms with Crippen LogP contribution in [0.4, 0.5) is 74.6 Å². The van der Waals surface area contributed by atoms with Gasteiger partial charge in [-0.15, -0.1) is 0 Å². The van der Waals surface area contributed by atoms with Gasteiger partial charge in [-0.25, -0.2) is 4.79 Å². The standard InChI is InChI=1S/C34H43F17O5Si/c1-9-54-26(53)22(8)20(6)21(7)25(52)23-10-12-24(13-11-23)55-15-16-56-57(18(2)3,19(4)5)17-14-27(35,36)28(37,38)29(39,40)30(41,42)31(43,44)32(45,46)33(47,48)34(49,50)51/h10-13,18-19,21,25,52H,9,14-17H2,1-8H3/b22-20+/t21-,25+/m0/s1. The van der Waals surface area contributed by atoms with E-state index in [1.54, 1.807) is 20.8 Å². The topological polar surface area (TPSA) is 65.0 Å². The van der Waals surface area contributed by atoms with E-state index in [9.17, 15) is 84.5 Å². The Labute approximate surface area is 318 Å². The Bertz CT molecular complexity index is 1520. The number of hydrogen-bond acceptors (Lipinski definition) is 5. The molecule has 0 aliphatic carbocycles. The van der Waals surface area contributed by atoms with Gasteiger partial charge in [-0.05, 0) is 55.6 Å². The van der Waals surface area contributed by atoms with Gasteiger partial charge in [0, 0.05) is 17.9 Å². The first-order valence-corrected chi connectivity index (χ1v) is 19.3. The lowest BCUT2D eigenvalue weighted by atomic mass is 9.88. The van der Waals surface area contributed by atoms with Crippen molar-refractivity contribution in [2.24, 2.45) is 5.92 Å². The van der Waals surface area contributed by atoms with E-state index in [1.807, 2.05) is 0 Å². The summed E-state index contributed by atoms with van der Waals surface area (Å²) >= 11 is 0. The van der Waals surface area contributed by atoms with E-state index in [0.717, 1.165) is 0 Å². The Morgan fingerprint density at radius 1 is 0.667 bits per heavy atom. The van der Waals surface area contributed by atoms with E-state index < -0.39 is 104 Å². The van der Waals surface area contributed by atoms with Crippen LogP contribution in [-0.4, -0.2) is 86.8 Å². The van der Waals surface area contributed by atoms with Crippen LogP contribution in [0.15, 0.2) is 35.4 Å². The zero-order valence-corrected chi connectivity index (χ0v) is 32.7. The number of hydrogen-bond donors (Lipinski definition) is 1. The number of aliphatic hydroxyl groups is 1. The minimum absolute atomic E-state index is 0.140. The van der Waals surface area contributed by atoms with Crippen molar-refractivity contribution in [3.8, 4) is 5.75 Å². The quantitative estimate of drug-likeness (QED) is 0.0438. The van der Waals surface area contributed by atoms with Crippen LogP contribution in [0.2, 0.25) is 17.1 Å². The second-order valence-electron chi connectivity index (χ2n) is 13.9. The average molecular weight is 883 g/mol. The molecule has 0 fully saturated rings. The molecule has 5 nitrogen and oxygen atoms in total. The van der Waals surface area contributed by atoms with Crippen LogP contribution in [0, 0.1) is 5.92 Å². The molecule has 0 bridgehead atoms. The van der Waals surface area contributed by atoms with Crippen molar-refractivity contribution in [2.75, 3.05) is 19.8 Å². The van der Waals surface area contributed by atoms with Crippen LogP contribution >= 0.6 is 0 Å². The van der Waals surface area contributed by atoms with Crippen molar-refractivity contribution in [3.05, 3.63) is 41.0 Å². The summed E-state index contributed by atoms with van der Waals surface area (Å²) in [4.78, 5) is 12.1. The predicted molar refractivity (Wildman–Crippen MR) is 173 cm³/mol. The molecule has 2 atom stereocenters. The molecule has 57 heavy (non-hydrogen) atoms. The molecule has 1 aromatic carbocycles. The fourth-order valence-corrected chi connectivity index (χ4v) is 10.2. The molecule has 0 amide bonds. The average Bonchev–Trinajstić information content (AvgIpc) is 3.09. The maximum absolute atomic E-state index is 14.9. The number of alkyl halides is 17. The van der Waals surface area contributed by atoms with Crippen LogP contribution in [0.25, 0.3) is 0 Å². The summed E-state index contributed by atoms with van der Waals surface area (Å²) < 4.78 is 251. The number of aliphatic hydroxyl groups excluding tert-OH is 1. The number of benzene rings is 1. The molecule has 0 radical (unpaired) electrons. The summed E-state index contributed by atoms with van der Waals surface area (Å²) in [7, 11) is -3.95. The van der Waals surface area contributed by atoms with Gasteiger partial charge in [0.15, 0.2) is 8.32 Å². The third-order valence-electron chi connectivity index (χ3n) is 9.85. The fourth-order valence-electron chi connectivity index (χ4n) is 5.77. The van der Waals surface area contributed by atoms with Crippen molar-refractivity contribution in [1.82, 2.24) is 0 Å². The van der Waals surface area contributed by atoms with Gasteiger partial charge in [-0.2, -0.15) is 74.6 Å². The maximum Gasteiger partial charge on any atom is 0.460 e. The Morgan fingerprint density at radius 3 is 1.49 bits per heavy atom. The first-order valence-electron chi connectivity index (χ1n) is 17.0. The van der Waals surface area contributed by atoms with E-state index in [4.69, 9.17) is 13.9 Å². The molecule has 0 unspecified atom stereocenters. The monoisotopic (exact) mass is 882 g/mol. The van der Waals surface area contributed by atoms with E-state index in [1.165, 1.54) is 58.9 Å². The Kier molecular flexibility index (Phi) is 16.3. The third-order valence-corrected chi connectivity index (χ3v) is 15.5. The van der Waals surface area contributed by atoms with Crippen LogP contribution in [0.3, 0.4) is 0 Å². The van der Waals surface area contributed by atoms with Gasteiger partial charge in [0.05, 0.1) is 19.3 Å². The molecule has 332 valence electrons. The fraction of sp³-hybridized carbons (Fsp3) is 0.735. The summed E-state index contributed by atoms with van der Waals surface area (Å²) in [5.41, 5.74) is -0.472. The highest BCUT2D eigenvalue weighted by Gasteiger charge is 2.95. The van der Waals surface area contributed by atoms with Crippen molar-refractivity contribution < 1.29 is 98.4 Å². The van der Waals surface area contributed by atoms with Gasteiger partial charge < -0.3 is 19.0 Å². The van der Waals surface area contributed by atoms with Crippen LogP contribution in [-0.2, 0) is 14.0 Å². The molecule has 0 saturated heterocycles. The summed E-state index contributed by atoms with van der Waals surface area (Å²) in [6.45, 7) is 11.0. The Balaban J connectivity index is 3.25. The number of carbonyl (C=O) groups is 1. The Morgan fingerprint density at radius 2 is 1.09 bits per heavy atom. The lowest BCUT2D eigenvalue weighted by Gasteiger charge is -2.44. The lowest BCUT2D eigenvalue weighted by molar-refractivity contribution is -0.461. The largest absolute Gasteiger partial charge is 0.491 e. The molecule has 0 aliphatic rings. The van der Waals surface area contributed by atoms with Gasteiger partial charge in [-0.3, -0.25) is 0 Å². The molecule has 1 N–H and O–H groups in total. The smallest absolute Gasteiger partial charge is 0.460 e. The van der Waals surface area contributed by atoms with E-state index in [2.05, 4.69) is 0 Å². The molecular formula is C34H43F17O5Si. The molecule has 0 heterocycles. The maximum atomic E-state index is 14.9. The molecule has 1 aromatic rings. The summed E-state index contributed by atoms with van der Waals surface area (Å²) in [6.07, 6.45) is -11.5. The molecular weight excluding hydrogens is 839 g/mol. The summed E-state index contributed by atoms with van der Waals surface area (Å²) in [5.74, 6) is -57.6. The number of ether oxygens (including phenoxy) is 2. The van der Waals surface area contributed by atoms with Gasteiger partial charge >= 0.3 is 53.6 Å². The van der Waals surface area contributed by atoms with E-state index >= 15 is 0 Å². The van der Waals surface area contributed by atoms with Gasteiger partial charge in [0.25, 0.3) is 0 Å². The number of carbonyl (C=O) groups excluding carboxylic acids is 1. The highest BCUT2D eigenvalue weighted by atomic mass is 28.4. The normalized spacial score (nSPS) is 16.1. The first kappa shape index (κ1) is 52.2. The van der Waals surface area contributed by atoms with Gasteiger partial charge in [0.1, 0.15) is 12.4 Å². The van der Waals surface area contributed by atoms with Crippen molar-refractivity contribution in [1.29, 1.82) is 0 Å². The van der Waals surface area contributed by atoms with Crippen LogP contribution in [0.5, 0.6) is 5.75 Å². The Hall–Kier alpha value is -2.82. The van der Waals surface area contributed by atoms with E-state index in [0.29, 0.717) is 16.7 Å². The van der Waals surface area contributed by atoms with Crippen molar-refractivity contribution in [2.45, 2.75) is 133 Å². The minimum atomic E-state index is -8.68. The molecule has 0 spiro atoms. The van der Waals surface area contributed by atoms with E-state index in [-0.39, 0.29) is 19.0 Å². The zero-order chi connectivity index (χ0) is 45.2. The number of rotatable bonds is 21. The first-order chi connectivity index (χ1) is 25.4. The van der Waals surface area contributed by atoms with Gasteiger partial charge in [0.2, 0.25) is 0 Å². The van der Waals surface area contributed by atoms with Crippen molar-refractivity contribution >= 4 is 14.3 Å². The molecule has 1 rings (SSSR count). The molecule has 0 aliphatic heterocycles. The SMILES string of the molecule is CCOC(=O)/C(C)=C(\C)[C@H](C)[C@@H](O)c1ccc(OCCO[Si](CCC(F)(F)C(F)(F)C(F)(F)C(F)(F)C(F)(F)C(F)(F)C(F)(F)C(F)(F)F)(C(C)C)C(C)C)cc1. The van der Waals surface area contributed by atoms with Gasteiger partial charge in [-0.1, -0.05) is 52.3 Å².